The molecular weight excluding hydrogens is 242 g/mol. The first-order valence-electron chi connectivity index (χ1n) is 6.79. The van der Waals surface area contributed by atoms with E-state index in [1.165, 1.54) is 25.7 Å². The number of aldehydes is 1. The van der Waals surface area contributed by atoms with Crippen LogP contribution in [0.5, 0.6) is 0 Å². The van der Waals surface area contributed by atoms with Gasteiger partial charge in [-0.3, -0.25) is 4.79 Å². The van der Waals surface area contributed by atoms with Crippen molar-refractivity contribution >= 4 is 6.29 Å². The van der Waals surface area contributed by atoms with Crippen LogP contribution in [0.2, 0.25) is 0 Å². The van der Waals surface area contributed by atoms with E-state index in [9.17, 15) is 4.79 Å². The Morgan fingerprint density at radius 3 is 2.84 bits per heavy atom. The van der Waals surface area contributed by atoms with Crippen molar-refractivity contribution in [1.82, 2.24) is 15.0 Å². The number of carbonyl (C=O) groups excluding carboxylic acids is 1. The molecule has 0 aromatic carbocycles. The van der Waals surface area contributed by atoms with Crippen molar-refractivity contribution in [2.24, 2.45) is 0 Å². The van der Waals surface area contributed by atoms with Crippen molar-refractivity contribution in [3.05, 3.63) is 24.1 Å². The summed E-state index contributed by atoms with van der Waals surface area (Å²) in [7, 11) is 0. The second kappa shape index (κ2) is 6.87. The van der Waals surface area contributed by atoms with Crippen LogP contribution in [-0.4, -0.2) is 21.3 Å². The van der Waals surface area contributed by atoms with Crippen LogP contribution in [0.25, 0.3) is 11.5 Å². The zero-order chi connectivity index (χ0) is 13.5. The quantitative estimate of drug-likeness (QED) is 0.540. The Labute approximate surface area is 112 Å². The first-order chi connectivity index (χ1) is 9.36. The Morgan fingerprint density at radius 1 is 1.32 bits per heavy atom. The highest BCUT2D eigenvalue weighted by molar-refractivity contribution is 5.81. The highest BCUT2D eigenvalue weighted by atomic mass is 16.3. The summed E-state index contributed by atoms with van der Waals surface area (Å²) >= 11 is 0. The average molecular weight is 261 g/mol. The first-order valence-corrected chi connectivity index (χ1v) is 6.79. The van der Waals surface area contributed by atoms with Crippen molar-refractivity contribution in [3.63, 3.8) is 0 Å². The van der Waals surface area contributed by atoms with Gasteiger partial charge < -0.3 is 4.42 Å². The molecule has 2 aromatic rings. The van der Waals surface area contributed by atoms with Gasteiger partial charge in [-0.25, -0.2) is 4.68 Å². The molecule has 0 aliphatic heterocycles. The van der Waals surface area contributed by atoms with Crippen LogP contribution in [0.15, 0.2) is 22.8 Å². The molecule has 2 rings (SSSR count). The summed E-state index contributed by atoms with van der Waals surface area (Å²) in [5.41, 5.74) is 1.01. The second-order valence-corrected chi connectivity index (χ2v) is 4.56. The smallest absolute Gasteiger partial charge is 0.172 e. The standard InChI is InChI=1S/C14H19N3O2/c1-2-3-4-5-6-9-17-14(12(11-18)15-16-17)13-8-7-10-19-13/h7-8,10-11H,2-6,9H2,1H3. The van der Waals surface area contributed by atoms with Gasteiger partial charge in [-0.15, -0.1) is 5.10 Å². The molecule has 0 saturated carbocycles. The molecule has 5 nitrogen and oxygen atoms in total. The SMILES string of the molecule is CCCCCCCn1nnc(C=O)c1-c1ccco1. The number of hydrogen-bond acceptors (Lipinski definition) is 4. The summed E-state index contributed by atoms with van der Waals surface area (Å²) < 4.78 is 7.10. The van der Waals surface area contributed by atoms with Gasteiger partial charge in [0, 0.05) is 6.54 Å². The minimum absolute atomic E-state index is 0.337. The Bertz CT molecular complexity index is 503. The Morgan fingerprint density at radius 2 is 2.16 bits per heavy atom. The fourth-order valence-electron chi connectivity index (χ4n) is 2.09. The third kappa shape index (κ3) is 3.30. The van der Waals surface area contributed by atoms with Gasteiger partial charge in [0.25, 0.3) is 0 Å². The first kappa shape index (κ1) is 13.5. The van der Waals surface area contributed by atoms with Gasteiger partial charge in [-0.2, -0.15) is 0 Å². The van der Waals surface area contributed by atoms with E-state index in [0.717, 1.165) is 19.3 Å². The van der Waals surface area contributed by atoms with Crippen LogP contribution in [0.4, 0.5) is 0 Å². The zero-order valence-electron chi connectivity index (χ0n) is 11.2. The number of aryl methyl sites for hydroxylation is 1. The summed E-state index contributed by atoms with van der Waals surface area (Å²) in [5, 5.41) is 7.93. The van der Waals surface area contributed by atoms with E-state index in [4.69, 9.17) is 4.42 Å². The van der Waals surface area contributed by atoms with E-state index in [2.05, 4.69) is 17.2 Å². The topological polar surface area (TPSA) is 60.9 Å². The lowest BCUT2D eigenvalue weighted by Gasteiger charge is -2.04. The van der Waals surface area contributed by atoms with Crippen molar-refractivity contribution in [2.75, 3.05) is 0 Å². The average Bonchev–Trinajstić information content (AvgIpc) is 3.06. The van der Waals surface area contributed by atoms with E-state index >= 15 is 0 Å². The number of hydrogen-bond donors (Lipinski definition) is 0. The predicted octanol–water partition coefficient (Wildman–Crippen LogP) is 3.32. The summed E-state index contributed by atoms with van der Waals surface area (Å²) in [6, 6.07) is 3.61. The Hall–Kier alpha value is -1.91. The van der Waals surface area contributed by atoms with Crippen molar-refractivity contribution in [2.45, 2.75) is 45.6 Å². The van der Waals surface area contributed by atoms with Gasteiger partial charge in [0.2, 0.25) is 0 Å². The van der Waals surface area contributed by atoms with Crippen LogP contribution in [0, 0.1) is 0 Å². The molecular formula is C14H19N3O2. The number of furan rings is 1. The number of rotatable bonds is 8. The van der Waals surface area contributed by atoms with E-state index in [0.29, 0.717) is 17.1 Å². The molecule has 2 heterocycles. The minimum Gasteiger partial charge on any atom is -0.463 e. The Balaban J connectivity index is 2.04. The number of aromatic nitrogens is 3. The fraction of sp³-hybridized carbons (Fsp3) is 0.500. The number of carbonyl (C=O) groups is 1. The normalized spacial score (nSPS) is 10.8. The van der Waals surface area contributed by atoms with Crippen LogP contribution >= 0.6 is 0 Å². The van der Waals surface area contributed by atoms with E-state index in [1.807, 2.05) is 6.07 Å². The van der Waals surface area contributed by atoms with Crippen LogP contribution < -0.4 is 0 Å². The van der Waals surface area contributed by atoms with Crippen LogP contribution in [0.3, 0.4) is 0 Å². The van der Waals surface area contributed by atoms with Gasteiger partial charge in [0.15, 0.2) is 17.7 Å². The van der Waals surface area contributed by atoms with E-state index in [1.54, 1.807) is 17.0 Å². The van der Waals surface area contributed by atoms with Crippen molar-refractivity contribution in [1.29, 1.82) is 0 Å². The zero-order valence-corrected chi connectivity index (χ0v) is 11.2. The summed E-state index contributed by atoms with van der Waals surface area (Å²) in [4.78, 5) is 11.0. The summed E-state index contributed by atoms with van der Waals surface area (Å²) in [5.74, 6) is 0.639. The summed E-state index contributed by atoms with van der Waals surface area (Å²) in [6.07, 6.45) is 8.25. The molecule has 0 amide bonds. The molecule has 0 aliphatic rings. The van der Waals surface area contributed by atoms with E-state index < -0.39 is 0 Å². The monoisotopic (exact) mass is 261 g/mol. The maximum absolute atomic E-state index is 11.0. The molecule has 0 atom stereocenters. The molecule has 0 N–H and O–H groups in total. The highest BCUT2D eigenvalue weighted by Gasteiger charge is 2.16. The highest BCUT2D eigenvalue weighted by Crippen LogP contribution is 2.22. The van der Waals surface area contributed by atoms with E-state index in [-0.39, 0.29) is 0 Å². The molecule has 2 aromatic heterocycles. The molecule has 0 bridgehead atoms. The van der Waals surface area contributed by atoms with Crippen LogP contribution in [-0.2, 0) is 6.54 Å². The maximum Gasteiger partial charge on any atom is 0.172 e. The molecule has 0 fully saturated rings. The van der Waals surface area contributed by atoms with Crippen molar-refractivity contribution < 1.29 is 9.21 Å². The van der Waals surface area contributed by atoms with Gasteiger partial charge in [0.05, 0.1) is 6.26 Å². The molecule has 0 spiro atoms. The number of nitrogens with zero attached hydrogens (tertiary/aromatic N) is 3. The Kier molecular flexibility index (Phi) is 4.89. The van der Waals surface area contributed by atoms with Gasteiger partial charge in [-0.1, -0.05) is 37.8 Å². The maximum atomic E-state index is 11.0. The van der Waals surface area contributed by atoms with Gasteiger partial charge in [-0.05, 0) is 18.6 Å². The van der Waals surface area contributed by atoms with Gasteiger partial charge >= 0.3 is 0 Å². The van der Waals surface area contributed by atoms with Gasteiger partial charge in [0.1, 0.15) is 5.69 Å². The molecule has 0 radical (unpaired) electrons. The third-order valence-electron chi connectivity index (χ3n) is 3.10. The molecule has 0 unspecified atom stereocenters. The van der Waals surface area contributed by atoms with Crippen LogP contribution in [0.1, 0.15) is 49.5 Å². The predicted molar refractivity (Wildman–Crippen MR) is 71.9 cm³/mol. The molecule has 5 heteroatoms. The lowest BCUT2D eigenvalue weighted by molar-refractivity contribution is 0.111. The lowest BCUT2D eigenvalue weighted by Crippen LogP contribution is -2.03. The van der Waals surface area contributed by atoms with Crippen molar-refractivity contribution in [3.8, 4) is 11.5 Å². The summed E-state index contributed by atoms with van der Waals surface area (Å²) in [6.45, 7) is 2.96. The molecule has 0 saturated heterocycles. The second-order valence-electron chi connectivity index (χ2n) is 4.56. The third-order valence-corrected chi connectivity index (χ3v) is 3.10. The largest absolute Gasteiger partial charge is 0.463 e. The lowest BCUT2D eigenvalue weighted by atomic mass is 10.1. The number of unbranched alkanes of at least 4 members (excludes halogenated alkanes) is 4. The molecule has 19 heavy (non-hydrogen) atoms. The fourth-order valence-corrected chi connectivity index (χ4v) is 2.09. The molecule has 0 aliphatic carbocycles. The minimum atomic E-state index is 0.337. The molecule has 102 valence electrons.